The van der Waals surface area contributed by atoms with Crippen molar-refractivity contribution in [3.8, 4) is 0 Å². The fourth-order valence-corrected chi connectivity index (χ4v) is 3.60. The molecular formula is C20H17Cl3N2O3. The number of anilines is 1. The van der Waals surface area contributed by atoms with Crippen LogP contribution in [-0.4, -0.2) is 28.7 Å². The average Bonchev–Trinajstić information content (AvgIpc) is 2.89. The van der Waals surface area contributed by atoms with Gasteiger partial charge in [-0.3, -0.25) is 19.3 Å². The van der Waals surface area contributed by atoms with Crippen LogP contribution < -0.4 is 5.32 Å². The lowest BCUT2D eigenvalue weighted by Crippen LogP contribution is -2.47. The number of fused-ring (bicyclic) bond motifs is 1. The van der Waals surface area contributed by atoms with Crippen LogP contribution in [0.1, 0.15) is 46.9 Å². The Morgan fingerprint density at radius 3 is 2.11 bits per heavy atom. The summed E-state index contributed by atoms with van der Waals surface area (Å²) < 4.78 is 0. The van der Waals surface area contributed by atoms with Crippen LogP contribution >= 0.6 is 34.8 Å². The van der Waals surface area contributed by atoms with Gasteiger partial charge in [-0.1, -0.05) is 66.7 Å². The van der Waals surface area contributed by atoms with Crippen molar-refractivity contribution in [2.75, 3.05) is 5.32 Å². The number of rotatable bonds is 6. The Kier molecular flexibility index (Phi) is 6.28. The monoisotopic (exact) mass is 438 g/mol. The lowest BCUT2D eigenvalue weighted by molar-refractivity contribution is -0.120. The molecule has 1 aliphatic rings. The van der Waals surface area contributed by atoms with Gasteiger partial charge in [0, 0.05) is 0 Å². The van der Waals surface area contributed by atoms with Crippen molar-refractivity contribution >= 4 is 58.2 Å². The van der Waals surface area contributed by atoms with E-state index >= 15 is 0 Å². The van der Waals surface area contributed by atoms with E-state index in [0.717, 1.165) is 11.3 Å². The van der Waals surface area contributed by atoms with Crippen LogP contribution in [0.25, 0.3) is 0 Å². The van der Waals surface area contributed by atoms with E-state index in [0.29, 0.717) is 23.6 Å². The van der Waals surface area contributed by atoms with Crippen LogP contribution in [-0.2, 0) is 4.79 Å². The summed E-state index contributed by atoms with van der Waals surface area (Å²) in [6, 6.07) is 8.52. The van der Waals surface area contributed by atoms with E-state index in [-0.39, 0.29) is 21.2 Å². The zero-order valence-corrected chi connectivity index (χ0v) is 17.2. The van der Waals surface area contributed by atoms with Gasteiger partial charge in [0.05, 0.1) is 31.9 Å². The molecule has 1 aliphatic heterocycles. The number of benzene rings is 2. The van der Waals surface area contributed by atoms with E-state index in [1.807, 2.05) is 6.92 Å². The minimum Gasteiger partial charge on any atom is -0.323 e. The number of para-hydroxylation sites is 1. The lowest BCUT2D eigenvalue weighted by Gasteiger charge is -2.25. The van der Waals surface area contributed by atoms with Gasteiger partial charge >= 0.3 is 0 Å². The minimum absolute atomic E-state index is 0.145. The van der Waals surface area contributed by atoms with Gasteiger partial charge < -0.3 is 5.32 Å². The lowest BCUT2D eigenvalue weighted by atomic mass is 10.1. The normalized spacial score (nSPS) is 14.2. The highest BCUT2D eigenvalue weighted by molar-refractivity contribution is 6.43. The van der Waals surface area contributed by atoms with Gasteiger partial charge in [0.25, 0.3) is 11.8 Å². The number of hydrogen-bond acceptors (Lipinski definition) is 3. The second-order valence-corrected chi connectivity index (χ2v) is 7.64. The molecule has 1 atom stereocenters. The summed E-state index contributed by atoms with van der Waals surface area (Å²) in [4.78, 5) is 39.7. The van der Waals surface area contributed by atoms with Crippen molar-refractivity contribution in [1.82, 2.24) is 4.90 Å². The molecule has 28 heavy (non-hydrogen) atoms. The third-order valence-electron chi connectivity index (χ3n) is 4.54. The standard InChI is InChI=1S/C20H17Cl3N2O3/c1-2-3-8-17(18(26)24-16-7-5-4-6-13(16)21)25-19(27)11-9-14(22)15(23)10-12(11)20(25)28/h4-7,9-10,17H,2-3,8H2,1H3,(H,24,26). The molecule has 5 nitrogen and oxygen atoms in total. The van der Waals surface area contributed by atoms with Gasteiger partial charge in [-0.25, -0.2) is 0 Å². The van der Waals surface area contributed by atoms with Gasteiger partial charge in [0.1, 0.15) is 6.04 Å². The number of amides is 3. The van der Waals surface area contributed by atoms with Gasteiger partial charge in [0.2, 0.25) is 5.91 Å². The number of halogens is 3. The van der Waals surface area contributed by atoms with Gasteiger partial charge in [-0.2, -0.15) is 0 Å². The summed E-state index contributed by atoms with van der Waals surface area (Å²) in [5.74, 6) is -1.60. The van der Waals surface area contributed by atoms with E-state index in [1.165, 1.54) is 12.1 Å². The van der Waals surface area contributed by atoms with E-state index in [4.69, 9.17) is 34.8 Å². The molecule has 0 spiro atoms. The Balaban J connectivity index is 1.93. The molecule has 0 aliphatic carbocycles. The molecule has 0 radical (unpaired) electrons. The number of imide groups is 1. The van der Waals surface area contributed by atoms with Gasteiger partial charge in [0.15, 0.2) is 0 Å². The number of carbonyl (C=O) groups excluding carboxylic acids is 3. The van der Waals surface area contributed by atoms with E-state index in [2.05, 4.69) is 5.32 Å². The molecule has 3 amide bonds. The molecule has 1 unspecified atom stereocenters. The predicted molar refractivity (Wildman–Crippen MR) is 110 cm³/mol. The molecule has 1 heterocycles. The summed E-state index contributed by atoms with van der Waals surface area (Å²) in [6.07, 6.45) is 1.80. The van der Waals surface area contributed by atoms with Gasteiger partial charge in [-0.05, 0) is 30.7 Å². The average molecular weight is 440 g/mol. The molecule has 0 saturated carbocycles. The zero-order valence-electron chi connectivity index (χ0n) is 15.0. The van der Waals surface area contributed by atoms with Crippen molar-refractivity contribution in [1.29, 1.82) is 0 Å². The largest absolute Gasteiger partial charge is 0.323 e. The molecule has 2 aromatic carbocycles. The number of unbranched alkanes of at least 4 members (excludes halogenated alkanes) is 1. The summed E-state index contributed by atoms with van der Waals surface area (Å²) in [6.45, 7) is 1.96. The Labute approximate surface area is 177 Å². The Morgan fingerprint density at radius 1 is 1.00 bits per heavy atom. The number of nitrogens with zero attached hydrogens (tertiary/aromatic N) is 1. The fourth-order valence-electron chi connectivity index (χ4n) is 3.09. The van der Waals surface area contributed by atoms with E-state index in [1.54, 1.807) is 24.3 Å². The van der Waals surface area contributed by atoms with Crippen LogP contribution in [0.3, 0.4) is 0 Å². The van der Waals surface area contributed by atoms with Crippen LogP contribution in [0.5, 0.6) is 0 Å². The molecule has 0 saturated heterocycles. The van der Waals surface area contributed by atoms with Crippen molar-refractivity contribution < 1.29 is 14.4 Å². The summed E-state index contributed by atoms with van der Waals surface area (Å²) in [5, 5.41) is 3.43. The molecule has 8 heteroatoms. The maximum absolute atomic E-state index is 13.0. The zero-order chi connectivity index (χ0) is 20.4. The molecule has 0 bridgehead atoms. The molecular weight excluding hydrogens is 423 g/mol. The number of hydrogen-bond donors (Lipinski definition) is 1. The number of carbonyl (C=O) groups is 3. The van der Waals surface area contributed by atoms with Crippen LogP contribution in [0.4, 0.5) is 5.69 Å². The smallest absolute Gasteiger partial charge is 0.262 e. The first-order chi connectivity index (χ1) is 13.3. The van der Waals surface area contributed by atoms with Gasteiger partial charge in [-0.15, -0.1) is 0 Å². The van der Waals surface area contributed by atoms with E-state index in [9.17, 15) is 14.4 Å². The molecule has 146 valence electrons. The van der Waals surface area contributed by atoms with Crippen molar-refractivity contribution in [3.05, 3.63) is 62.6 Å². The minimum atomic E-state index is -0.971. The Bertz CT molecular complexity index is 921. The third kappa shape index (κ3) is 3.88. The molecule has 2 aromatic rings. The predicted octanol–water partition coefficient (Wildman–Crippen LogP) is 5.44. The highest BCUT2D eigenvalue weighted by Gasteiger charge is 2.43. The first-order valence-electron chi connectivity index (χ1n) is 8.77. The first kappa shape index (κ1) is 20.6. The molecule has 0 fully saturated rings. The Morgan fingerprint density at radius 2 is 1.57 bits per heavy atom. The second kappa shape index (κ2) is 8.52. The quantitative estimate of drug-likeness (QED) is 0.609. The second-order valence-electron chi connectivity index (χ2n) is 6.42. The summed E-state index contributed by atoms with van der Waals surface area (Å²) >= 11 is 18.1. The third-order valence-corrected chi connectivity index (χ3v) is 5.59. The SMILES string of the molecule is CCCCC(C(=O)Nc1ccccc1Cl)N1C(=O)c2cc(Cl)c(Cl)cc2C1=O. The molecule has 0 aromatic heterocycles. The topological polar surface area (TPSA) is 66.5 Å². The van der Waals surface area contributed by atoms with Crippen LogP contribution in [0.2, 0.25) is 15.1 Å². The van der Waals surface area contributed by atoms with Crippen molar-refractivity contribution in [2.24, 2.45) is 0 Å². The van der Waals surface area contributed by atoms with E-state index < -0.39 is 23.8 Å². The van der Waals surface area contributed by atoms with Crippen LogP contribution in [0, 0.1) is 0 Å². The highest BCUT2D eigenvalue weighted by atomic mass is 35.5. The summed E-state index contributed by atoms with van der Waals surface area (Å²) in [5.41, 5.74) is 0.705. The fraction of sp³-hybridized carbons (Fsp3) is 0.250. The number of nitrogens with one attached hydrogen (secondary N) is 1. The highest BCUT2D eigenvalue weighted by Crippen LogP contribution is 2.33. The maximum atomic E-state index is 13.0. The summed E-state index contributed by atoms with van der Waals surface area (Å²) in [7, 11) is 0. The maximum Gasteiger partial charge on any atom is 0.262 e. The first-order valence-corrected chi connectivity index (χ1v) is 9.90. The Hall–Kier alpha value is -2.08. The molecule has 1 N–H and O–H groups in total. The van der Waals surface area contributed by atoms with Crippen molar-refractivity contribution in [2.45, 2.75) is 32.2 Å². The molecule has 3 rings (SSSR count). The van der Waals surface area contributed by atoms with Crippen molar-refractivity contribution in [3.63, 3.8) is 0 Å². The van der Waals surface area contributed by atoms with Crippen LogP contribution in [0.15, 0.2) is 36.4 Å².